The molecule has 1 aromatic heterocycles. The molecule has 3 N–H and O–H groups in total. The molecule has 1 aromatic rings. The number of nitrogen functional groups attached to an aromatic ring is 1. The molecule has 6 heteroatoms. The number of hydrogen-bond acceptors (Lipinski definition) is 5. The lowest BCUT2D eigenvalue weighted by Gasteiger charge is -2.10. The molecule has 94 valence electrons. The van der Waals surface area contributed by atoms with Gasteiger partial charge in [0.1, 0.15) is 5.82 Å². The highest BCUT2D eigenvalue weighted by Gasteiger charge is 2.15. The van der Waals surface area contributed by atoms with Crippen molar-refractivity contribution >= 4 is 23.5 Å². The molecule has 1 heterocycles. The van der Waals surface area contributed by atoms with Crippen LogP contribution in [0.1, 0.15) is 26.0 Å². The molecule has 0 aliphatic carbocycles. The van der Waals surface area contributed by atoms with Crippen LogP contribution in [0.4, 0.5) is 5.82 Å². The summed E-state index contributed by atoms with van der Waals surface area (Å²) in [5, 5.41) is 3.16. The Hall–Kier alpha value is -1.30. The molecule has 1 amide bonds. The molecule has 0 unspecified atom stereocenters. The van der Waals surface area contributed by atoms with Crippen molar-refractivity contribution < 1.29 is 4.79 Å². The van der Waals surface area contributed by atoms with Gasteiger partial charge in [0.25, 0.3) is 0 Å². The third kappa shape index (κ3) is 4.60. The van der Waals surface area contributed by atoms with Crippen LogP contribution in [0.5, 0.6) is 0 Å². The molecule has 0 aliphatic rings. The van der Waals surface area contributed by atoms with Crippen molar-refractivity contribution in [3.05, 3.63) is 11.8 Å². The number of nitrogens with two attached hydrogens (primary N) is 1. The topological polar surface area (TPSA) is 80.9 Å². The highest BCUT2D eigenvalue weighted by atomic mass is 32.2. The Morgan fingerprint density at radius 1 is 1.59 bits per heavy atom. The largest absolute Gasteiger partial charge is 0.384 e. The lowest BCUT2D eigenvalue weighted by Crippen LogP contribution is -2.31. The first-order chi connectivity index (χ1) is 8.02. The highest BCUT2D eigenvalue weighted by molar-refractivity contribution is 8.00. The van der Waals surface area contributed by atoms with E-state index in [-0.39, 0.29) is 11.2 Å². The van der Waals surface area contributed by atoms with E-state index >= 15 is 0 Å². The average Bonchev–Trinajstić information content (AvgIpc) is 2.24. The van der Waals surface area contributed by atoms with Crippen LogP contribution in [0.25, 0.3) is 0 Å². The van der Waals surface area contributed by atoms with Crippen molar-refractivity contribution in [3.8, 4) is 0 Å². The van der Waals surface area contributed by atoms with Gasteiger partial charge in [0.2, 0.25) is 5.91 Å². The highest BCUT2D eigenvalue weighted by Crippen LogP contribution is 2.20. The number of nitrogens with one attached hydrogen (secondary N) is 1. The zero-order valence-electron chi connectivity index (χ0n) is 10.4. The van der Waals surface area contributed by atoms with Gasteiger partial charge in [0.15, 0.2) is 5.16 Å². The first-order valence-corrected chi connectivity index (χ1v) is 6.46. The number of nitrogens with zero attached hydrogens (tertiary/aromatic N) is 2. The molecular formula is C11H18N4OS. The molecule has 0 saturated heterocycles. The molecule has 0 spiro atoms. The van der Waals surface area contributed by atoms with Crippen LogP contribution in [-0.4, -0.2) is 27.7 Å². The summed E-state index contributed by atoms with van der Waals surface area (Å²) in [7, 11) is 0. The minimum atomic E-state index is -0.220. The number of carbonyl (C=O) groups excluding carboxylic acids is 1. The van der Waals surface area contributed by atoms with Crippen LogP contribution in [0.3, 0.4) is 0 Å². The second kappa shape index (κ2) is 6.44. The van der Waals surface area contributed by atoms with Gasteiger partial charge in [-0.15, -0.1) is 0 Å². The second-order valence-electron chi connectivity index (χ2n) is 3.77. The molecule has 1 atom stereocenters. The predicted molar refractivity (Wildman–Crippen MR) is 69.8 cm³/mol. The molecule has 0 bridgehead atoms. The van der Waals surface area contributed by atoms with Gasteiger partial charge in [-0.3, -0.25) is 4.79 Å². The lowest BCUT2D eigenvalue weighted by molar-refractivity contribution is -0.120. The Balaban J connectivity index is 2.60. The fraction of sp³-hybridized carbons (Fsp3) is 0.545. The van der Waals surface area contributed by atoms with Crippen molar-refractivity contribution in [3.63, 3.8) is 0 Å². The number of anilines is 1. The molecule has 1 rings (SSSR count). The number of amides is 1. The molecule has 5 nitrogen and oxygen atoms in total. The number of thioether (sulfide) groups is 1. The summed E-state index contributed by atoms with van der Waals surface area (Å²) in [5.74, 6) is 0.432. The van der Waals surface area contributed by atoms with E-state index < -0.39 is 0 Å². The fourth-order valence-corrected chi connectivity index (χ4v) is 2.08. The van der Waals surface area contributed by atoms with E-state index in [1.54, 1.807) is 6.07 Å². The van der Waals surface area contributed by atoms with E-state index in [0.29, 0.717) is 17.5 Å². The maximum atomic E-state index is 11.7. The second-order valence-corrected chi connectivity index (χ2v) is 5.08. The molecule has 0 fully saturated rings. The Morgan fingerprint density at radius 3 is 2.88 bits per heavy atom. The number of aromatic nitrogens is 2. The monoisotopic (exact) mass is 254 g/mol. The van der Waals surface area contributed by atoms with E-state index in [2.05, 4.69) is 15.3 Å². The number of aryl methyl sites for hydroxylation is 1. The van der Waals surface area contributed by atoms with Gasteiger partial charge in [0, 0.05) is 18.3 Å². The van der Waals surface area contributed by atoms with Crippen molar-refractivity contribution in [1.82, 2.24) is 15.3 Å². The van der Waals surface area contributed by atoms with E-state index in [4.69, 9.17) is 5.73 Å². The maximum absolute atomic E-state index is 11.7. The quantitative estimate of drug-likeness (QED) is 0.613. The lowest BCUT2D eigenvalue weighted by atomic mass is 10.4. The summed E-state index contributed by atoms with van der Waals surface area (Å²) >= 11 is 1.32. The average molecular weight is 254 g/mol. The van der Waals surface area contributed by atoms with Crippen LogP contribution in [-0.2, 0) is 4.79 Å². The third-order valence-corrected chi connectivity index (χ3v) is 3.02. The van der Waals surface area contributed by atoms with Crippen LogP contribution in [0, 0.1) is 6.92 Å². The summed E-state index contributed by atoms with van der Waals surface area (Å²) < 4.78 is 0. The molecule has 0 aromatic carbocycles. The zero-order chi connectivity index (χ0) is 12.8. The molecule has 0 aliphatic heterocycles. The normalized spacial score (nSPS) is 12.2. The van der Waals surface area contributed by atoms with Crippen LogP contribution in [0.2, 0.25) is 0 Å². The Morgan fingerprint density at radius 2 is 2.29 bits per heavy atom. The van der Waals surface area contributed by atoms with Crippen molar-refractivity contribution in [2.24, 2.45) is 0 Å². The van der Waals surface area contributed by atoms with Gasteiger partial charge < -0.3 is 11.1 Å². The standard InChI is InChI=1S/C11H18N4OS/c1-4-5-13-10(16)8(3)17-11-14-7(2)6-9(12)15-11/h6,8H,4-5H2,1-3H3,(H,13,16)(H2,12,14,15)/t8-/m0/s1. The van der Waals surface area contributed by atoms with Crippen LogP contribution >= 0.6 is 11.8 Å². The molecular weight excluding hydrogens is 236 g/mol. The Kier molecular flexibility index (Phi) is 5.21. The molecule has 0 radical (unpaired) electrons. The van der Waals surface area contributed by atoms with E-state index in [9.17, 15) is 4.79 Å². The van der Waals surface area contributed by atoms with E-state index in [0.717, 1.165) is 12.1 Å². The van der Waals surface area contributed by atoms with Crippen molar-refractivity contribution in [2.75, 3.05) is 12.3 Å². The van der Waals surface area contributed by atoms with Crippen molar-refractivity contribution in [1.29, 1.82) is 0 Å². The third-order valence-electron chi connectivity index (χ3n) is 2.05. The summed E-state index contributed by atoms with van der Waals surface area (Å²) in [6.07, 6.45) is 0.928. The van der Waals surface area contributed by atoms with E-state index in [1.807, 2.05) is 20.8 Å². The molecule has 17 heavy (non-hydrogen) atoms. The van der Waals surface area contributed by atoms with Gasteiger partial charge in [0.05, 0.1) is 5.25 Å². The Bertz CT molecular complexity index is 377. The van der Waals surface area contributed by atoms with E-state index in [1.165, 1.54) is 11.8 Å². The first kappa shape index (κ1) is 13.8. The van der Waals surface area contributed by atoms with Gasteiger partial charge in [-0.05, 0) is 20.3 Å². The summed E-state index contributed by atoms with van der Waals surface area (Å²) in [6.45, 7) is 6.39. The zero-order valence-corrected chi connectivity index (χ0v) is 11.2. The predicted octanol–water partition coefficient (Wildman–Crippen LogP) is 1.37. The van der Waals surface area contributed by atoms with Gasteiger partial charge in [-0.25, -0.2) is 9.97 Å². The Labute approximate surface area is 106 Å². The smallest absolute Gasteiger partial charge is 0.233 e. The fourth-order valence-electron chi connectivity index (χ4n) is 1.22. The summed E-state index contributed by atoms with van der Waals surface area (Å²) in [5.41, 5.74) is 6.43. The van der Waals surface area contributed by atoms with Crippen molar-refractivity contribution in [2.45, 2.75) is 37.6 Å². The first-order valence-electron chi connectivity index (χ1n) is 5.58. The van der Waals surface area contributed by atoms with Crippen LogP contribution in [0.15, 0.2) is 11.2 Å². The van der Waals surface area contributed by atoms with Gasteiger partial charge in [-0.1, -0.05) is 18.7 Å². The minimum absolute atomic E-state index is 0.000488. The summed E-state index contributed by atoms with van der Waals surface area (Å²) in [4.78, 5) is 20.0. The van der Waals surface area contributed by atoms with Gasteiger partial charge in [-0.2, -0.15) is 0 Å². The van der Waals surface area contributed by atoms with Crippen LogP contribution < -0.4 is 11.1 Å². The minimum Gasteiger partial charge on any atom is -0.384 e. The number of carbonyl (C=O) groups is 1. The molecule has 0 saturated carbocycles. The summed E-state index contributed by atoms with van der Waals surface area (Å²) in [6, 6.07) is 1.70. The number of hydrogen-bond donors (Lipinski definition) is 2. The van der Waals surface area contributed by atoms with Gasteiger partial charge >= 0.3 is 0 Å². The maximum Gasteiger partial charge on any atom is 0.233 e. The SMILES string of the molecule is CCCNC(=O)[C@H](C)Sc1nc(C)cc(N)n1. The number of rotatable bonds is 5.